The number of rotatable bonds is 6. The largest absolute Gasteiger partial charge is 0.481 e. The average molecular weight is 373 g/mol. The Morgan fingerprint density at radius 3 is 2.40 bits per heavy atom. The molecule has 0 bridgehead atoms. The lowest BCUT2D eigenvalue weighted by atomic mass is 9.99. The summed E-state index contributed by atoms with van der Waals surface area (Å²) in [6.07, 6.45) is 5.53. The number of carboxylic acids is 1. The monoisotopic (exact) mass is 373 g/mol. The highest BCUT2D eigenvalue weighted by molar-refractivity contribution is 7.87. The van der Waals surface area contributed by atoms with Crippen molar-refractivity contribution >= 4 is 22.1 Å². The molecule has 0 aromatic carbocycles. The minimum atomic E-state index is -3.61. The Morgan fingerprint density at radius 2 is 1.80 bits per heavy atom. The summed E-state index contributed by atoms with van der Waals surface area (Å²) in [4.78, 5) is 25.1. The van der Waals surface area contributed by atoms with Gasteiger partial charge in [-0.1, -0.05) is 12.8 Å². The van der Waals surface area contributed by atoms with Crippen molar-refractivity contribution in [2.75, 3.05) is 26.2 Å². The topological polar surface area (TPSA) is 107 Å². The highest BCUT2D eigenvalue weighted by Crippen LogP contribution is 2.29. The second-order valence-electron chi connectivity index (χ2n) is 7.42. The zero-order valence-corrected chi connectivity index (χ0v) is 15.2. The van der Waals surface area contributed by atoms with E-state index in [1.165, 1.54) is 4.31 Å². The number of likely N-dealkylation sites (tertiary alicyclic amines) is 1. The lowest BCUT2D eigenvalue weighted by Crippen LogP contribution is -2.47. The van der Waals surface area contributed by atoms with Crippen LogP contribution in [0.3, 0.4) is 0 Å². The van der Waals surface area contributed by atoms with Crippen LogP contribution >= 0.6 is 0 Å². The van der Waals surface area contributed by atoms with Crippen LogP contribution in [0.15, 0.2) is 0 Å². The fourth-order valence-corrected chi connectivity index (χ4v) is 5.49. The highest BCUT2D eigenvalue weighted by atomic mass is 32.2. The van der Waals surface area contributed by atoms with E-state index < -0.39 is 22.1 Å². The Labute approximate surface area is 148 Å². The molecule has 0 spiro atoms. The van der Waals surface area contributed by atoms with Crippen molar-refractivity contribution in [1.29, 1.82) is 0 Å². The zero-order chi connectivity index (χ0) is 18.0. The Hall–Kier alpha value is -1.19. The van der Waals surface area contributed by atoms with Crippen molar-refractivity contribution in [3.8, 4) is 0 Å². The molecule has 1 aliphatic carbocycles. The van der Waals surface area contributed by atoms with E-state index >= 15 is 0 Å². The summed E-state index contributed by atoms with van der Waals surface area (Å²) in [6.45, 7) is 1.34. The fraction of sp³-hybridized carbons (Fsp3) is 0.875. The molecule has 2 aliphatic heterocycles. The third kappa shape index (κ3) is 4.32. The minimum absolute atomic E-state index is 0.0134. The molecule has 3 aliphatic rings. The summed E-state index contributed by atoms with van der Waals surface area (Å²) in [6, 6.07) is 0.337. The van der Waals surface area contributed by atoms with Gasteiger partial charge in [-0.05, 0) is 31.6 Å². The molecule has 9 heteroatoms. The first-order chi connectivity index (χ1) is 11.9. The van der Waals surface area contributed by atoms with E-state index in [9.17, 15) is 18.0 Å². The van der Waals surface area contributed by atoms with Crippen LogP contribution in [-0.2, 0) is 19.8 Å². The third-order valence-corrected chi connectivity index (χ3v) is 7.28. The predicted octanol–water partition coefficient (Wildman–Crippen LogP) is 0.409. The van der Waals surface area contributed by atoms with Gasteiger partial charge in [0, 0.05) is 38.6 Å². The molecule has 3 fully saturated rings. The number of nitrogens with zero attached hydrogens (tertiary/aromatic N) is 2. The molecular formula is C16H27N3O5S. The predicted molar refractivity (Wildman–Crippen MR) is 90.9 cm³/mol. The van der Waals surface area contributed by atoms with Crippen LogP contribution in [0.25, 0.3) is 0 Å². The molecule has 2 saturated heterocycles. The standard InChI is InChI=1S/C16H27N3O5S/c20-15-9-12(11-19(15)14-3-1-2-4-14)10-17-25(23,24)18-7-5-13(6-8-18)16(21)22/h12-14,17H,1-11H2,(H,21,22)/t12-/m1/s1. The van der Waals surface area contributed by atoms with Crippen LogP contribution in [-0.4, -0.2) is 66.8 Å². The number of hydrogen-bond acceptors (Lipinski definition) is 4. The SMILES string of the molecule is O=C(O)C1CCN(S(=O)(=O)NC[C@H]2CC(=O)N(C3CCCC3)C2)CC1. The molecule has 3 rings (SSSR count). The van der Waals surface area contributed by atoms with Crippen LogP contribution in [0.1, 0.15) is 44.9 Å². The molecule has 0 radical (unpaired) electrons. The van der Waals surface area contributed by atoms with Gasteiger partial charge in [-0.25, -0.2) is 4.72 Å². The molecule has 0 unspecified atom stereocenters. The van der Waals surface area contributed by atoms with E-state index in [2.05, 4.69) is 4.72 Å². The van der Waals surface area contributed by atoms with Gasteiger partial charge in [-0.15, -0.1) is 0 Å². The lowest BCUT2D eigenvalue weighted by Gasteiger charge is -2.29. The smallest absolute Gasteiger partial charge is 0.306 e. The first-order valence-corrected chi connectivity index (χ1v) is 10.6. The summed E-state index contributed by atoms with van der Waals surface area (Å²) >= 11 is 0. The zero-order valence-electron chi connectivity index (χ0n) is 14.4. The van der Waals surface area contributed by atoms with Crippen LogP contribution in [0.5, 0.6) is 0 Å². The maximum Gasteiger partial charge on any atom is 0.306 e. The van der Waals surface area contributed by atoms with Gasteiger partial charge in [-0.2, -0.15) is 12.7 Å². The van der Waals surface area contributed by atoms with Crippen LogP contribution in [0.2, 0.25) is 0 Å². The van der Waals surface area contributed by atoms with Crippen molar-refractivity contribution in [2.24, 2.45) is 11.8 Å². The number of amides is 1. The summed E-state index contributed by atoms with van der Waals surface area (Å²) in [5.41, 5.74) is 0. The van der Waals surface area contributed by atoms with Crippen LogP contribution in [0, 0.1) is 11.8 Å². The molecule has 2 N–H and O–H groups in total. The van der Waals surface area contributed by atoms with Gasteiger partial charge < -0.3 is 10.0 Å². The summed E-state index contributed by atoms with van der Waals surface area (Å²) < 4.78 is 28.7. The third-order valence-electron chi connectivity index (χ3n) is 5.70. The Bertz CT molecular complexity index is 609. The molecule has 8 nitrogen and oxygen atoms in total. The van der Waals surface area contributed by atoms with Gasteiger partial charge in [0.25, 0.3) is 10.2 Å². The first-order valence-electron chi connectivity index (χ1n) is 9.14. The summed E-state index contributed by atoms with van der Waals surface area (Å²) in [7, 11) is -3.61. The van der Waals surface area contributed by atoms with Crippen molar-refractivity contribution in [3.05, 3.63) is 0 Å². The van der Waals surface area contributed by atoms with Crippen molar-refractivity contribution in [1.82, 2.24) is 13.9 Å². The first kappa shape index (κ1) is 18.6. The Balaban J connectivity index is 1.48. The van der Waals surface area contributed by atoms with Crippen LogP contribution < -0.4 is 4.72 Å². The van der Waals surface area contributed by atoms with Gasteiger partial charge >= 0.3 is 5.97 Å². The summed E-state index contributed by atoms with van der Waals surface area (Å²) in [5, 5.41) is 8.99. The molecular weight excluding hydrogens is 346 g/mol. The van der Waals surface area contributed by atoms with E-state index in [1.807, 2.05) is 4.90 Å². The second-order valence-corrected chi connectivity index (χ2v) is 9.17. The van der Waals surface area contributed by atoms with E-state index in [0.717, 1.165) is 25.7 Å². The molecule has 0 aromatic heterocycles. The van der Waals surface area contributed by atoms with Gasteiger partial charge in [0.2, 0.25) is 5.91 Å². The van der Waals surface area contributed by atoms with Crippen molar-refractivity contribution in [3.63, 3.8) is 0 Å². The fourth-order valence-electron chi connectivity index (χ4n) is 4.17. The normalized spacial score (nSPS) is 27.3. The van der Waals surface area contributed by atoms with Crippen molar-refractivity contribution < 1.29 is 23.1 Å². The van der Waals surface area contributed by atoms with E-state index in [-0.39, 0.29) is 31.5 Å². The Morgan fingerprint density at radius 1 is 1.16 bits per heavy atom. The van der Waals surface area contributed by atoms with E-state index in [0.29, 0.717) is 31.8 Å². The lowest BCUT2D eigenvalue weighted by molar-refractivity contribution is -0.143. The van der Waals surface area contributed by atoms with Crippen molar-refractivity contribution in [2.45, 2.75) is 51.0 Å². The number of hydrogen-bond donors (Lipinski definition) is 2. The minimum Gasteiger partial charge on any atom is -0.481 e. The van der Waals surface area contributed by atoms with Gasteiger partial charge in [0.15, 0.2) is 0 Å². The number of carboxylic acid groups (broad SMARTS) is 1. The number of piperidine rings is 1. The number of carbonyl (C=O) groups excluding carboxylic acids is 1. The molecule has 142 valence electrons. The molecule has 1 atom stereocenters. The molecule has 1 amide bonds. The maximum atomic E-state index is 12.4. The Kier molecular flexibility index (Phi) is 5.65. The summed E-state index contributed by atoms with van der Waals surface area (Å²) in [5.74, 6) is -1.17. The maximum absolute atomic E-state index is 12.4. The van der Waals surface area contributed by atoms with Gasteiger partial charge in [0.05, 0.1) is 5.92 Å². The molecule has 25 heavy (non-hydrogen) atoms. The molecule has 0 aromatic rings. The quantitative estimate of drug-likeness (QED) is 0.701. The highest BCUT2D eigenvalue weighted by Gasteiger charge is 2.37. The number of carbonyl (C=O) groups is 2. The number of aliphatic carboxylic acids is 1. The van der Waals surface area contributed by atoms with Crippen LogP contribution in [0.4, 0.5) is 0 Å². The molecule has 2 heterocycles. The number of nitrogens with one attached hydrogen (secondary N) is 1. The van der Waals surface area contributed by atoms with Gasteiger partial charge in [-0.3, -0.25) is 9.59 Å². The van der Waals surface area contributed by atoms with E-state index in [1.54, 1.807) is 0 Å². The second kappa shape index (κ2) is 7.59. The van der Waals surface area contributed by atoms with Gasteiger partial charge in [0.1, 0.15) is 0 Å². The van der Waals surface area contributed by atoms with E-state index in [4.69, 9.17) is 5.11 Å². The average Bonchev–Trinajstić information content (AvgIpc) is 3.22. The molecule has 1 saturated carbocycles.